The van der Waals surface area contributed by atoms with Gasteiger partial charge in [0.05, 0.1) is 18.2 Å². The highest BCUT2D eigenvalue weighted by Gasteiger charge is 2.00. The van der Waals surface area contributed by atoms with Crippen molar-refractivity contribution in [3.8, 4) is 6.07 Å². The van der Waals surface area contributed by atoms with Crippen molar-refractivity contribution < 1.29 is 5.11 Å². The van der Waals surface area contributed by atoms with Crippen LogP contribution in [0.4, 0.5) is 0 Å². The molecule has 0 aliphatic carbocycles. The zero-order valence-corrected chi connectivity index (χ0v) is 6.62. The second-order valence-corrected chi connectivity index (χ2v) is 2.46. The van der Waals surface area contributed by atoms with Crippen molar-refractivity contribution in [1.82, 2.24) is 0 Å². The van der Waals surface area contributed by atoms with Crippen molar-refractivity contribution in [2.45, 2.75) is 13.2 Å². The molecule has 1 aromatic rings. The van der Waals surface area contributed by atoms with Crippen LogP contribution >= 0.6 is 0 Å². The molecule has 0 saturated heterocycles. The number of nitrogens with two attached hydrogens (primary N) is 1. The van der Waals surface area contributed by atoms with Gasteiger partial charge in [0.15, 0.2) is 0 Å². The number of nitrogens with zero attached hydrogens (tertiary/aromatic N) is 1. The molecule has 0 bridgehead atoms. The molecule has 3 heteroatoms. The second-order valence-electron chi connectivity index (χ2n) is 2.46. The van der Waals surface area contributed by atoms with Crippen molar-refractivity contribution >= 4 is 0 Å². The quantitative estimate of drug-likeness (QED) is 0.665. The first-order valence-corrected chi connectivity index (χ1v) is 3.64. The third-order valence-electron chi connectivity index (χ3n) is 1.73. The summed E-state index contributed by atoms with van der Waals surface area (Å²) in [4.78, 5) is 0. The predicted molar refractivity (Wildman–Crippen MR) is 45.0 cm³/mol. The van der Waals surface area contributed by atoms with Crippen LogP contribution in [0.3, 0.4) is 0 Å². The number of aliphatic hydroxyl groups excluding tert-OH is 1. The smallest absolute Gasteiger partial charge is 0.0991 e. The Balaban J connectivity index is 3.13. The molecular weight excluding hydrogens is 152 g/mol. The first-order valence-electron chi connectivity index (χ1n) is 3.64. The van der Waals surface area contributed by atoms with E-state index in [1.54, 1.807) is 18.2 Å². The first kappa shape index (κ1) is 8.72. The van der Waals surface area contributed by atoms with E-state index in [4.69, 9.17) is 16.1 Å². The topological polar surface area (TPSA) is 70.0 Å². The van der Waals surface area contributed by atoms with Crippen molar-refractivity contribution in [3.63, 3.8) is 0 Å². The zero-order valence-electron chi connectivity index (χ0n) is 6.62. The highest BCUT2D eigenvalue weighted by Crippen LogP contribution is 2.10. The van der Waals surface area contributed by atoms with E-state index in [2.05, 4.69) is 0 Å². The molecule has 3 N–H and O–H groups in total. The predicted octanol–water partition coefficient (Wildman–Crippen LogP) is 0.509. The molecule has 0 saturated carbocycles. The van der Waals surface area contributed by atoms with Gasteiger partial charge in [-0.3, -0.25) is 0 Å². The summed E-state index contributed by atoms with van der Waals surface area (Å²) in [5.74, 6) is 0. The van der Waals surface area contributed by atoms with Gasteiger partial charge in [-0.25, -0.2) is 0 Å². The maximum Gasteiger partial charge on any atom is 0.0991 e. The maximum atomic E-state index is 8.90. The normalized spacial score (nSPS) is 9.42. The Morgan fingerprint density at radius 1 is 1.42 bits per heavy atom. The Bertz CT molecular complexity index is 315. The number of nitriles is 1. The first-order chi connectivity index (χ1) is 5.81. The molecule has 3 nitrogen and oxygen atoms in total. The summed E-state index contributed by atoms with van der Waals surface area (Å²) in [5.41, 5.74) is 7.59. The summed E-state index contributed by atoms with van der Waals surface area (Å²) in [7, 11) is 0. The van der Waals surface area contributed by atoms with Gasteiger partial charge in [-0.2, -0.15) is 5.26 Å². The minimum absolute atomic E-state index is 0.0674. The fourth-order valence-electron chi connectivity index (χ4n) is 1.04. The number of aliphatic hydroxyl groups is 1. The molecule has 0 radical (unpaired) electrons. The summed E-state index contributed by atoms with van der Waals surface area (Å²) < 4.78 is 0. The molecule has 0 atom stereocenters. The van der Waals surface area contributed by atoms with Crippen LogP contribution in [0, 0.1) is 11.3 Å². The molecule has 0 aliphatic heterocycles. The van der Waals surface area contributed by atoms with E-state index >= 15 is 0 Å². The number of hydrogen-bond acceptors (Lipinski definition) is 3. The third-order valence-corrected chi connectivity index (χ3v) is 1.73. The summed E-state index contributed by atoms with van der Waals surface area (Å²) in [6.45, 7) is 0.323. The third kappa shape index (κ3) is 1.62. The molecule has 0 amide bonds. The molecular formula is C9H10N2O. The van der Waals surface area contributed by atoms with Crippen LogP contribution in [0.2, 0.25) is 0 Å². The van der Waals surface area contributed by atoms with Crippen LogP contribution in [-0.2, 0) is 13.2 Å². The molecule has 0 aliphatic rings. The number of hydrogen-bond donors (Lipinski definition) is 2. The molecule has 0 heterocycles. The van der Waals surface area contributed by atoms with Gasteiger partial charge in [-0.05, 0) is 23.3 Å². The lowest BCUT2D eigenvalue weighted by molar-refractivity contribution is 0.280. The van der Waals surface area contributed by atoms with Gasteiger partial charge in [0, 0.05) is 6.54 Å². The Hall–Kier alpha value is -1.37. The maximum absolute atomic E-state index is 8.90. The molecule has 1 aromatic carbocycles. The minimum atomic E-state index is -0.0674. The highest BCUT2D eigenvalue weighted by atomic mass is 16.3. The van der Waals surface area contributed by atoms with Crippen LogP contribution in [0.25, 0.3) is 0 Å². The molecule has 1 rings (SSSR count). The second kappa shape index (κ2) is 3.86. The van der Waals surface area contributed by atoms with E-state index in [1.807, 2.05) is 6.07 Å². The minimum Gasteiger partial charge on any atom is -0.392 e. The summed E-state index contributed by atoms with van der Waals surface area (Å²) in [6, 6.07) is 7.12. The molecule has 62 valence electrons. The van der Waals surface area contributed by atoms with Gasteiger partial charge >= 0.3 is 0 Å². The standard InChI is InChI=1S/C9H10N2O/c10-4-7-1-2-8(5-11)9(3-7)6-12/h1-3,12H,5-6,11H2. The summed E-state index contributed by atoms with van der Waals surface area (Å²) in [5, 5.41) is 17.5. The van der Waals surface area contributed by atoms with Gasteiger partial charge in [0.1, 0.15) is 0 Å². The summed E-state index contributed by atoms with van der Waals surface area (Å²) >= 11 is 0. The van der Waals surface area contributed by atoms with Crippen LogP contribution < -0.4 is 5.73 Å². The van der Waals surface area contributed by atoms with E-state index in [0.717, 1.165) is 11.1 Å². The largest absolute Gasteiger partial charge is 0.392 e. The van der Waals surface area contributed by atoms with Gasteiger partial charge in [0.25, 0.3) is 0 Å². The van der Waals surface area contributed by atoms with Crippen molar-refractivity contribution in [1.29, 1.82) is 5.26 Å². The molecule has 0 aromatic heterocycles. The Labute approximate surface area is 71.1 Å². The van der Waals surface area contributed by atoms with E-state index < -0.39 is 0 Å². The lowest BCUT2D eigenvalue weighted by Gasteiger charge is -2.03. The molecule has 0 unspecified atom stereocenters. The number of rotatable bonds is 2. The number of benzene rings is 1. The summed E-state index contributed by atoms with van der Waals surface area (Å²) in [6.07, 6.45) is 0. The Morgan fingerprint density at radius 2 is 2.17 bits per heavy atom. The Morgan fingerprint density at radius 3 is 2.67 bits per heavy atom. The highest BCUT2D eigenvalue weighted by molar-refractivity contribution is 5.37. The lowest BCUT2D eigenvalue weighted by atomic mass is 10.1. The fraction of sp³-hybridized carbons (Fsp3) is 0.222. The van der Waals surface area contributed by atoms with Gasteiger partial charge < -0.3 is 10.8 Å². The van der Waals surface area contributed by atoms with Gasteiger partial charge in [-0.1, -0.05) is 6.07 Å². The molecule has 0 fully saturated rings. The monoisotopic (exact) mass is 162 g/mol. The van der Waals surface area contributed by atoms with Crippen LogP contribution in [0.5, 0.6) is 0 Å². The van der Waals surface area contributed by atoms with Crippen LogP contribution in [0.1, 0.15) is 16.7 Å². The molecule has 0 spiro atoms. The Kier molecular flexibility index (Phi) is 2.81. The van der Waals surface area contributed by atoms with Crippen molar-refractivity contribution in [2.24, 2.45) is 5.73 Å². The van der Waals surface area contributed by atoms with Gasteiger partial charge in [0.2, 0.25) is 0 Å². The SMILES string of the molecule is N#Cc1ccc(CN)c(CO)c1. The average molecular weight is 162 g/mol. The lowest BCUT2D eigenvalue weighted by Crippen LogP contribution is -2.01. The fourth-order valence-corrected chi connectivity index (χ4v) is 1.04. The van der Waals surface area contributed by atoms with Crippen molar-refractivity contribution in [2.75, 3.05) is 0 Å². The van der Waals surface area contributed by atoms with E-state index in [1.165, 1.54) is 0 Å². The zero-order chi connectivity index (χ0) is 8.97. The van der Waals surface area contributed by atoms with Crippen LogP contribution in [-0.4, -0.2) is 5.11 Å². The van der Waals surface area contributed by atoms with Crippen molar-refractivity contribution in [3.05, 3.63) is 34.9 Å². The average Bonchev–Trinajstić information content (AvgIpc) is 2.16. The van der Waals surface area contributed by atoms with Gasteiger partial charge in [-0.15, -0.1) is 0 Å². The van der Waals surface area contributed by atoms with E-state index in [-0.39, 0.29) is 6.61 Å². The van der Waals surface area contributed by atoms with E-state index in [0.29, 0.717) is 12.1 Å². The molecule has 12 heavy (non-hydrogen) atoms. The van der Waals surface area contributed by atoms with Crippen LogP contribution in [0.15, 0.2) is 18.2 Å². The van der Waals surface area contributed by atoms with E-state index in [9.17, 15) is 0 Å².